The molecule has 3 amide bonds. The van der Waals surface area contributed by atoms with Crippen molar-refractivity contribution in [1.82, 2.24) is 5.32 Å². The van der Waals surface area contributed by atoms with Crippen LogP contribution in [0.3, 0.4) is 0 Å². The van der Waals surface area contributed by atoms with Crippen LogP contribution in [-0.2, 0) is 19.1 Å². The van der Waals surface area contributed by atoms with E-state index in [0.29, 0.717) is 23.5 Å². The van der Waals surface area contributed by atoms with E-state index in [1.54, 1.807) is 46.7 Å². The fraction of sp³-hybridized carbons (Fsp3) is 0.263. The van der Waals surface area contributed by atoms with Crippen LogP contribution in [0.25, 0.3) is 0 Å². The Morgan fingerprint density at radius 2 is 1.93 bits per heavy atom. The predicted octanol–water partition coefficient (Wildman–Crippen LogP) is 1.79. The molecule has 2 heterocycles. The Morgan fingerprint density at radius 3 is 2.57 bits per heavy atom. The second-order valence-electron chi connectivity index (χ2n) is 6.06. The Bertz CT molecular complexity index is 864. The Balaban J connectivity index is 1.39. The summed E-state index contributed by atoms with van der Waals surface area (Å²) in [6, 6.07) is 10.3. The number of anilines is 2. The van der Waals surface area contributed by atoms with E-state index in [-0.39, 0.29) is 18.4 Å². The topological polar surface area (TPSA) is 105 Å². The largest absolute Gasteiger partial charge is 0.454 e. The Labute approximate surface area is 165 Å². The van der Waals surface area contributed by atoms with Gasteiger partial charge >= 0.3 is 5.97 Å². The molecule has 2 aromatic rings. The summed E-state index contributed by atoms with van der Waals surface area (Å²) in [6.07, 6.45) is 1.40. The van der Waals surface area contributed by atoms with E-state index in [0.717, 1.165) is 12.1 Å². The molecule has 1 aromatic carbocycles. The number of carbonyl (C=O) groups is 4. The van der Waals surface area contributed by atoms with Crippen LogP contribution in [0.1, 0.15) is 22.5 Å². The predicted molar refractivity (Wildman–Crippen MR) is 104 cm³/mol. The van der Waals surface area contributed by atoms with Gasteiger partial charge in [0.25, 0.3) is 11.8 Å². The number of nitrogens with zero attached hydrogens (tertiary/aromatic N) is 1. The van der Waals surface area contributed by atoms with Crippen LogP contribution >= 0.6 is 11.3 Å². The number of rotatable bonds is 7. The Morgan fingerprint density at radius 1 is 1.14 bits per heavy atom. The minimum absolute atomic E-state index is 0.0925. The van der Waals surface area contributed by atoms with Gasteiger partial charge in [0.1, 0.15) is 6.54 Å². The molecule has 1 aliphatic heterocycles. The number of hydrogen-bond acceptors (Lipinski definition) is 6. The quantitative estimate of drug-likeness (QED) is 0.688. The minimum atomic E-state index is -0.706. The van der Waals surface area contributed by atoms with E-state index >= 15 is 0 Å². The molecule has 146 valence electrons. The van der Waals surface area contributed by atoms with Crippen molar-refractivity contribution in [3.63, 3.8) is 0 Å². The summed E-state index contributed by atoms with van der Waals surface area (Å²) >= 11 is 1.26. The zero-order valence-corrected chi connectivity index (χ0v) is 15.8. The monoisotopic (exact) mass is 401 g/mol. The average molecular weight is 401 g/mol. The third kappa shape index (κ3) is 5.17. The Hall–Kier alpha value is -3.20. The smallest absolute Gasteiger partial charge is 0.325 e. The maximum absolute atomic E-state index is 11.9. The van der Waals surface area contributed by atoms with Crippen molar-refractivity contribution in [3.05, 3.63) is 46.7 Å². The van der Waals surface area contributed by atoms with Crippen molar-refractivity contribution < 1.29 is 23.9 Å². The summed E-state index contributed by atoms with van der Waals surface area (Å²) in [5.41, 5.74) is 1.32. The minimum Gasteiger partial charge on any atom is -0.454 e. The molecule has 0 atom stereocenters. The first-order valence-electron chi connectivity index (χ1n) is 8.70. The van der Waals surface area contributed by atoms with Gasteiger partial charge in [-0.15, -0.1) is 11.3 Å². The lowest BCUT2D eigenvalue weighted by Crippen LogP contribution is -2.31. The number of esters is 1. The first-order valence-corrected chi connectivity index (χ1v) is 9.58. The van der Waals surface area contributed by atoms with Gasteiger partial charge in [-0.05, 0) is 42.1 Å². The number of amides is 3. The van der Waals surface area contributed by atoms with E-state index in [1.165, 1.54) is 11.3 Å². The first kappa shape index (κ1) is 19.6. The number of thiophene rings is 1. The molecule has 1 saturated heterocycles. The molecule has 1 aromatic heterocycles. The van der Waals surface area contributed by atoms with Gasteiger partial charge in [-0.25, -0.2) is 0 Å². The third-order valence-corrected chi connectivity index (χ3v) is 4.91. The summed E-state index contributed by atoms with van der Waals surface area (Å²) in [5.74, 6) is -1.48. The lowest BCUT2D eigenvalue weighted by molar-refractivity contribution is -0.146. The lowest BCUT2D eigenvalue weighted by Gasteiger charge is -2.16. The molecule has 0 unspecified atom stereocenters. The number of hydrogen-bond donors (Lipinski definition) is 2. The highest BCUT2D eigenvalue weighted by atomic mass is 32.1. The molecule has 0 spiro atoms. The fourth-order valence-electron chi connectivity index (χ4n) is 2.69. The summed E-state index contributed by atoms with van der Waals surface area (Å²) < 4.78 is 4.85. The normalized spacial score (nSPS) is 13.3. The molecule has 8 nitrogen and oxygen atoms in total. The maximum atomic E-state index is 11.9. The van der Waals surface area contributed by atoms with E-state index < -0.39 is 18.5 Å². The Kier molecular flexibility index (Phi) is 6.38. The van der Waals surface area contributed by atoms with Crippen LogP contribution in [0.2, 0.25) is 0 Å². The number of nitrogens with one attached hydrogen (secondary N) is 2. The highest BCUT2D eigenvalue weighted by Crippen LogP contribution is 2.22. The summed E-state index contributed by atoms with van der Waals surface area (Å²) in [5, 5.41) is 6.79. The van der Waals surface area contributed by atoms with Crippen LogP contribution in [0.5, 0.6) is 0 Å². The van der Waals surface area contributed by atoms with Crippen molar-refractivity contribution in [2.45, 2.75) is 12.8 Å². The second kappa shape index (κ2) is 9.14. The molecule has 9 heteroatoms. The van der Waals surface area contributed by atoms with Gasteiger partial charge in [-0.2, -0.15) is 0 Å². The van der Waals surface area contributed by atoms with Crippen LogP contribution in [0, 0.1) is 0 Å². The maximum Gasteiger partial charge on any atom is 0.325 e. The molecule has 0 saturated carbocycles. The molecule has 3 rings (SSSR count). The van der Waals surface area contributed by atoms with Gasteiger partial charge in [-0.1, -0.05) is 6.07 Å². The van der Waals surface area contributed by atoms with E-state index in [9.17, 15) is 19.2 Å². The van der Waals surface area contributed by atoms with Gasteiger partial charge in [0, 0.05) is 24.3 Å². The average Bonchev–Trinajstić information content (AvgIpc) is 3.37. The fourth-order valence-corrected chi connectivity index (χ4v) is 3.33. The van der Waals surface area contributed by atoms with Crippen molar-refractivity contribution >= 4 is 46.4 Å². The molecular weight excluding hydrogens is 382 g/mol. The highest BCUT2D eigenvalue weighted by Gasteiger charge is 2.21. The lowest BCUT2D eigenvalue weighted by atomic mass is 10.2. The molecule has 1 aliphatic rings. The van der Waals surface area contributed by atoms with Crippen molar-refractivity contribution in [2.24, 2.45) is 0 Å². The zero-order chi connectivity index (χ0) is 19.9. The van der Waals surface area contributed by atoms with Crippen molar-refractivity contribution in [3.8, 4) is 0 Å². The molecule has 28 heavy (non-hydrogen) atoms. The molecule has 2 N–H and O–H groups in total. The van der Waals surface area contributed by atoms with Gasteiger partial charge in [0.15, 0.2) is 6.61 Å². The van der Waals surface area contributed by atoms with E-state index in [2.05, 4.69) is 10.6 Å². The van der Waals surface area contributed by atoms with Crippen LogP contribution in [0.15, 0.2) is 41.8 Å². The van der Waals surface area contributed by atoms with Crippen LogP contribution in [0.4, 0.5) is 11.4 Å². The summed E-state index contributed by atoms with van der Waals surface area (Å²) in [6.45, 7) is -0.0772. The second-order valence-corrected chi connectivity index (χ2v) is 7.01. The molecule has 0 radical (unpaired) electrons. The molecule has 0 bridgehead atoms. The van der Waals surface area contributed by atoms with Crippen molar-refractivity contribution in [1.29, 1.82) is 0 Å². The van der Waals surface area contributed by atoms with Crippen LogP contribution < -0.4 is 15.5 Å². The number of ether oxygens (including phenoxy) is 1. The van der Waals surface area contributed by atoms with Crippen LogP contribution in [-0.4, -0.2) is 43.4 Å². The third-order valence-electron chi connectivity index (χ3n) is 4.04. The summed E-state index contributed by atoms with van der Waals surface area (Å²) in [4.78, 5) is 49.2. The van der Waals surface area contributed by atoms with E-state index in [1.807, 2.05) is 0 Å². The van der Waals surface area contributed by atoms with Gasteiger partial charge in [-0.3, -0.25) is 19.2 Å². The van der Waals surface area contributed by atoms with Gasteiger partial charge < -0.3 is 20.3 Å². The number of carbonyl (C=O) groups excluding carboxylic acids is 4. The van der Waals surface area contributed by atoms with Crippen molar-refractivity contribution in [2.75, 3.05) is 29.9 Å². The van der Waals surface area contributed by atoms with E-state index in [4.69, 9.17) is 4.74 Å². The highest BCUT2D eigenvalue weighted by molar-refractivity contribution is 7.12. The molecular formula is C19H19N3O5S. The molecule has 1 fully saturated rings. The first-order chi connectivity index (χ1) is 13.5. The standard InChI is InChI=1S/C19H19N3O5S/c23-16(12-27-18(25)11-20-19(26)15-3-2-10-28-15)21-13-5-7-14(8-6-13)22-9-1-4-17(22)24/h2-3,5-8,10H,1,4,9,11-12H2,(H,20,26)(H,21,23). The number of benzene rings is 1. The molecule has 0 aliphatic carbocycles. The van der Waals surface area contributed by atoms with Gasteiger partial charge in [0.05, 0.1) is 4.88 Å². The zero-order valence-electron chi connectivity index (χ0n) is 15.0. The summed E-state index contributed by atoms with van der Waals surface area (Å²) in [7, 11) is 0. The van der Waals surface area contributed by atoms with Gasteiger partial charge in [0.2, 0.25) is 5.91 Å². The SMILES string of the molecule is O=C(COC(=O)CNC(=O)c1cccs1)Nc1ccc(N2CCCC2=O)cc1.